The number of fused-ring (bicyclic) bond motifs is 1. The molecule has 0 saturated carbocycles. The van der Waals surface area contributed by atoms with E-state index in [0.717, 1.165) is 6.20 Å². The van der Waals surface area contributed by atoms with Gasteiger partial charge in [0.1, 0.15) is 29.3 Å². The standard InChI is InChI=1S/C16H15F3N4O2/c1-24-11-4-3-5-12(25-2)9(11)6-20-14-13-10(16(17,18)19)7-21-15(13)23-8-22-14/h3-5,7-8H,6H2,1-2H3,(H2,20,21,22,23). The Morgan fingerprint density at radius 2 is 1.80 bits per heavy atom. The van der Waals surface area contributed by atoms with Gasteiger partial charge in [0.15, 0.2) is 0 Å². The number of halogens is 3. The van der Waals surface area contributed by atoms with Crippen LogP contribution in [-0.2, 0) is 12.7 Å². The molecule has 0 aliphatic carbocycles. The van der Waals surface area contributed by atoms with E-state index in [1.165, 1.54) is 20.5 Å². The van der Waals surface area contributed by atoms with Gasteiger partial charge in [-0.3, -0.25) is 0 Å². The third-order valence-corrected chi connectivity index (χ3v) is 3.74. The molecule has 0 spiro atoms. The first-order chi connectivity index (χ1) is 12.0. The van der Waals surface area contributed by atoms with Crippen molar-refractivity contribution in [2.45, 2.75) is 12.7 Å². The average Bonchev–Trinajstić information content (AvgIpc) is 3.04. The molecule has 2 N–H and O–H groups in total. The summed E-state index contributed by atoms with van der Waals surface area (Å²) in [4.78, 5) is 10.3. The zero-order valence-corrected chi connectivity index (χ0v) is 13.4. The Hall–Kier alpha value is -2.97. The number of nitrogens with zero attached hydrogens (tertiary/aromatic N) is 2. The van der Waals surface area contributed by atoms with Crippen molar-refractivity contribution in [3.8, 4) is 11.5 Å². The van der Waals surface area contributed by atoms with E-state index in [2.05, 4.69) is 20.3 Å². The maximum Gasteiger partial charge on any atom is 0.418 e. The molecule has 0 unspecified atom stereocenters. The van der Waals surface area contributed by atoms with Crippen LogP contribution in [0.15, 0.2) is 30.7 Å². The largest absolute Gasteiger partial charge is 0.496 e. The van der Waals surface area contributed by atoms with Crippen LogP contribution >= 0.6 is 0 Å². The van der Waals surface area contributed by atoms with Crippen LogP contribution in [0.4, 0.5) is 19.0 Å². The number of nitrogens with one attached hydrogen (secondary N) is 2. The predicted octanol–water partition coefficient (Wildman–Crippen LogP) is 3.61. The van der Waals surface area contributed by atoms with Gasteiger partial charge in [-0.1, -0.05) is 6.07 Å². The summed E-state index contributed by atoms with van der Waals surface area (Å²) in [6.45, 7) is 0.168. The van der Waals surface area contributed by atoms with E-state index >= 15 is 0 Å². The Labute approximate surface area is 141 Å². The molecule has 0 aliphatic heterocycles. The lowest BCUT2D eigenvalue weighted by molar-refractivity contribution is -0.136. The van der Waals surface area contributed by atoms with Crippen LogP contribution in [0.2, 0.25) is 0 Å². The highest BCUT2D eigenvalue weighted by atomic mass is 19.4. The van der Waals surface area contributed by atoms with E-state index in [9.17, 15) is 13.2 Å². The number of hydrogen-bond acceptors (Lipinski definition) is 5. The van der Waals surface area contributed by atoms with Crippen LogP contribution in [0, 0.1) is 0 Å². The van der Waals surface area contributed by atoms with Crippen molar-refractivity contribution in [1.29, 1.82) is 0 Å². The minimum atomic E-state index is -4.51. The zero-order valence-electron chi connectivity index (χ0n) is 13.4. The summed E-state index contributed by atoms with van der Waals surface area (Å²) in [5.74, 6) is 1.19. The number of rotatable bonds is 5. The van der Waals surface area contributed by atoms with Crippen LogP contribution in [0.3, 0.4) is 0 Å². The smallest absolute Gasteiger partial charge is 0.418 e. The monoisotopic (exact) mass is 352 g/mol. The van der Waals surface area contributed by atoms with Crippen molar-refractivity contribution in [2.75, 3.05) is 19.5 Å². The highest BCUT2D eigenvalue weighted by Gasteiger charge is 2.35. The lowest BCUT2D eigenvalue weighted by atomic mass is 10.1. The normalized spacial score (nSPS) is 11.6. The van der Waals surface area contributed by atoms with Crippen molar-refractivity contribution in [3.63, 3.8) is 0 Å². The summed E-state index contributed by atoms with van der Waals surface area (Å²) in [5, 5.41) is 2.81. The van der Waals surface area contributed by atoms with Crippen LogP contribution in [0.5, 0.6) is 11.5 Å². The van der Waals surface area contributed by atoms with Crippen molar-refractivity contribution < 1.29 is 22.6 Å². The summed E-state index contributed by atoms with van der Waals surface area (Å²) < 4.78 is 50.1. The van der Waals surface area contributed by atoms with Crippen molar-refractivity contribution in [3.05, 3.63) is 41.9 Å². The Morgan fingerprint density at radius 3 is 2.40 bits per heavy atom. The molecule has 1 aromatic carbocycles. The second-order valence-corrected chi connectivity index (χ2v) is 5.14. The number of H-pyrrole nitrogens is 1. The second-order valence-electron chi connectivity index (χ2n) is 5.14. The number of methoxy groups -OCH3 is 2. The van der Waals surface area contributed by atoms with Crippen LogP contribution in [0.1, 0.15) is 11.1 Å². The SMILES string of the molecule is COc1cccc(OC)c1CNc1ncnc2[nH]cc(C(F)(F)F)c12. The lowest BCUT2D eigenvalue weighted by Gasteiger charge is -2.14. The molecule has 2 heterocycles. The molecule has 0 aliphatic rings. The fourth-order valence-corrected chi connectivity index (χ4v) is 2.59. The Balaban J connectivity index is 1.99. The second kappa shape index (κ2) is 6.50. The summed E-state index contributed by atoms with van der Waals surface area (Å²) in [5.41, 5.74) is -0.0437. The summed E-state index contributed by atoms with van der Waals surface area (Å²) >= 11 is 0. The number of aromatic amines is 1. The molecule has 0 radical (unpaired) electrons. The molecule has 0 bridgehead atoms. The third-order valence-electron chi connectivity index (χ3n) is 3.74. The molecular weight excluding hydrogens is 337 g/mol. The molecule has 132 valence electrons. The van der Waals surface area contributed by atoms with Gasteiger partial charge in [0.2, 0.25) is 0 Å². The molecule has 0 saturated heterocycles. The highest BCUT2D eigenvalue weighted by Crippen LogP contribution is 2.37. The highest BCUT2D eigenvalue weighted by molar-refractivity contribution is 5.90. The lowest BCUT2D eigenvalue weighted by Crippen LogP contribution is -2.08. The number of hydrogen-bond donors (Lipinski definition) is 2. The van der Waals surface area contributed by atoms with Gasteiger partial charge >= 0.3 is 6.18 Å². The van der Waals surface area contributed by atoms with Crippen molar-refractivity contribution in [2.24, 2.45) is 0 Å². The first kappa shape index (κ1) is 16.9. The van der Waals surface area contributed by atoms with E-state index < -0.39 is 11.7 Å². The zero-order chi connectivity index (χ0) is 18.0. The molecule has 0 fully saturated rings. The first-order valence-corrected chi connectivity index (χ1v) is 7.28. The van der Waals surface area contributed by atoms with Gasteiger partial charge in [-0.2, -0.15) is 13.2 Å². The molecule has 2 aromatic heterocycles. The van der Waals surface area contributed by atoms with Gasteiger partial charge < -0.3 is 19.8 Å². The van der Waals surface area contributed by atoms with Gasteiger partial charge in [-0.05, 0) is 12.1 Å². The number of benzene rings is 1. The Kier molecular flexibility index (Phi) is 4.39. The molecule has 0 amide bonds. The molecule has 3 rings (SSSR count). The molecule has 0 atom stereocenters. The molecular formula is C16H15F3N4O2. The van der Waals surface area contributed by atoms with E-state index in [1.54, 1.807) is 18.2 Å². The minimum Gasteiger partial charge on any atom is -0.496 e. The van der Waals surface area contributed by atoms with Crippen molar-refractivity contribution >= 4 is 16.9 Å². The molecule has 6 nitrogen and oxygen atoms in total. The maximum atomic E-state index is 13.2. The van der Waals surface area contributed by atoms with Gasteiger partial charge in [0.05, 0.1) is 30.7 Å². The van der Waals surface area contributed by atoms with E-state index in [0.29, 0.717) is 17.1 Å². The number of alkyl halides is 3. The fourth-order valence-electron chi connectivity index (χ4n) is 2.59. The van der Waals surface area contributed by atoms with E-state index in [1.807, 2.05) is 0 Å². The minimum absolute atomic E-state index is 0.0755. The summed E-state index contributed by atoms with van der Waals surface area (Å²) in [6.07, 6.45) is -2.43. The fraction of sp³-hybridized carbons (Fsp3) is 0.250. The molecule has 25 heavy (non-hydrogen) atoms. The quantitative estimate of drug-likeness (QED) is 0.734. The van der Waals surface area contributed by atoms with E-state index in [-0.39, 0.29) is 23.4 Å². The van der Waals surface area contributed by atoms with E-state index in [4.69, 9.17) is 9.47 Å². The number of aromatic nitrogens is 3. The third kappa shape index (κ3) is 3.17. The summed E-state index contributed by atoms with van der Waals surface area (Å²) in [6, 6.07) is 5.25. The Morgan fingerprint density at radius 1 is 1.12 bits per heavy atom. The topological polar surface area (TPSA) is 72.1 Å². The number of ether oxygens (including phenoxy) is 2. The van der Waals surface area contributed by atoms with Crippen LogP contribution in [-0.4, -0.2) is 29.2 Å². The average molecular weight is 352 g/mol. The van der Waals surface area contributed by atoms with Crippen molar-refractivity contribution in [1.82, 2.24) is 15.0 Å². The van der Waals surface area contributed by atoms with Gasteiger partial charge in [0, 0.05) is 12.7 Å². The van der Waals surface area contributed by atoms with Crippen LogP contribution < -0.4 is 14.8 Å². The van der Waals surface area contributed by atoms with Gasteiger partial charge in [-0.15, -0.1) is 0 Å². The van der Waals surface area contributed by atoms with Crippen LogP contribution in [0.25, 0.3) is 11.0 Å². The number of anilines is 1. The van der Waals surface area contributed by atoms with Gasteiger partial charge in [-0.25, -0.2) is 9.97 Å². The predicted molar refractivity (Wildman–Crippen MR) is 85.8 cm³/mol. The summed E-state index contributed by atoms with van der Waals surface area (Å²) in [7, 11) is 3.02. The Bertz CT molecular complexity index is 870. The van der Waals surface area contributed by atoms with Gasteiger partial charge in [0.25, 0.3) is 0 Å². The maximum absolute atomic E-state index is 13.2. The molecule has 3 aromatic rings. The first-order valence-electron chi connectivity index (χ1n) is 7.28. The molecule has 9 heteroatoms.